The van der Waals surface area contributed by atoms with Crippen LogP contribution in [-0.2, 0) is 0 Å². The Morgan fingerprint density at radius 1 is 1.44 bits per heavy atom. The molecule has 2 rings (SSSR count). The van der Waals surface area contributed by atoms with Gasteiger partial charge < -0.3 is 4.74 Å². The molecule has 1 heterocycles. The molecule has 0 radical (unpaired) electrons. The summed E-state index contributed by atoms with van der Waals surface area (Å²) in [6.07, 6.45) is 2.69. The summed E-state index contributed by atoms with van der Waals surface area (Å²) in [5, 5.41) is 9.01. The van der Waals surface area contributed by atoms with Crippen LogP contribution in [0.1, 0.15) is 61.6 Å². The molecule has 0 N–H and O–H groups in total. The van der Waals surface area contributed by atoms with Crippen molar-refractivity contribution < 1.29 is 4.74 Å². The van der Waals surface area contributed by atoms with Gasteiger partial charge in [0.1, 0.15) is 5.75 Å². The molecule has 1 aromatic carbocycles. The lowest BCUT2D eigenvalue weighted by atomic mass is 9.85. The lowest BCUT2D eigenvalue weighted by Crippen LogP contribution is -2.04. The standard InChI is InChI=1S/C16H21NO/c1-11(2)14-7-6-12(3)15-13(8-9-17)5-4-10-18-16(14)15/h6-7,11,13H,4-5,8,10H2,1-3H3. The minimum atomic E-state index is 0.339. The fourth-order valence-corrected chi connectivity index (χ4v) is 2.80. The van der Waals surface area contributed by atoms with Crippen molar-refractivity contribution in [2.45, 2.75) is 51.9 Å². The summed E-state index contributed by atoms with van der Waals surface area (Å²) >= 11 is 0. The van der Waals surface area contributed by atoms with Crippen molar-refractivity contribution in [1.29, 1.82) is 5.26 Å². The molecule has 0 aromatic heterocycles. The van der Waals surface area contributed by atoms with Crippen LogP contribution < -0.4 is 4.74 Å². The molecule has 1 aliphatic heterocycles. The predicted molar refractivity (Wildman–Crippen MR) is 73.0 cm³/mol. The Kier molecular flexibility index (Phi) is 3.91. The molecule has 0 amide bonds. The van der Waals surface area contributed by atoms with Gasteiger partial charge in [-0.15, -0.1) is 0 Å². The number of ether oxygens (including phenoxy) is 1. The molecule has 0 aliphatic carbocycles. The van der Waals surface area contributed by atoms with E-state index in [0.29, 0.717) is 18.3 Å². The van der Waals surface area contributed by atoms with E-state index in [4.69, 9.17) is 10.00 Å². The summed E-state index contributed by atoms with van der Waals surface area (Å²) in [5.74, 6) is 1.86. The SMILES string of the molecule is Cc1ccc(C(C)C)c2c1C(CC#N)CCCO2. The van der Waals surface area contributed by atoms with Gasteiger partial charge in [0.05, 0.1) is 12.7 Å². The highest BCUT2D eigenvalue weighted by molar-refractivity contribution is 5.50. The smallest absolute Gasteiger partial charge is 0.126 e. The van der Waals surface area contributed by atoms with Crippen LogP contribution in [0.25, 0.3) is 0 Å². The third-order valence-electron chi connectivity index (χ3n) is 3.76. The zero-order valence-electron chi connectivity index (χ0n) is 11.5. The van der Waals surface area contributed by atoms with Gasteiger partial charge in [-0.2, -0.15) is 5.26 Å². The molecule has 2 heteroatoms. The van der Waals surface area contributed by atoms with Crippen molar-refractivity contribution in [3.05, 3.63) is 28.8 Å². The van der Waals surface area contributed by atoms with E-state index in [0.717, 1.165) is 25.2 Å². The Bertz CT molecular complexity index is 471. The maximum absolute atomic E-state index is 9.01. The van der Waals surface area contributed by atoms with E-state index in [1.54, 1.807) is 0 Å². The molecule has 2 nitrogen and oxygen atoms in total. The average molecular weight is 243 g/mol. The van der Waals surface area contributed by atoms with Gasteiger partial charge in [0, 0.05) is 17.9 Å². The van der Waals surface area contributed by atoms with E-state index in [-0.39, 0.29) is 0 Å². The van der Waals surface area contributed by atoms with Gasteiger partial charge in [0.25, 0.3) is 0 Å². The number of nitrogens with zero attached hydrogens (tertiary/aromatic N) is 1. The van der Waals surface area contributed by atoms with Crippen molar-refractivity contribution in [2.24, 2.45) is 0 Å². The third-order valence-corrected chi connectivity index (χ3v) is 3.76. The second kappa shape index (κ2) is 5.44. The van der Waals surface area contributed by atoms with Crippen LogP contribution in [0.3, 0.4) is 0 Å². The van der Waals surface area contributed by atoms with Gasteiger partial charge in [-0.05, 0) is 36.8 Å². The highest BCUT2D eigenvalue weighted by Crippen LogP contribution is 2.41. The van der Waals surface area contributed by atoms with E-state index in [1.807, 2.05) is 0 Å². The first-order valence-electron chi connectivity index (χ1n) is 6.78. The van der Waals surface area contributed by atoms with Crippen LogP contribution in [-0.4, -0.2) is 6.61 Å². The maximum Gasteiger partial charge on any atom is 0.126 e. The van der Waals surface area contributed by atoms with Gasteiger partial charge in [-0.1, -0.05) is 26.0 Å². The molecular weight excluding hydrogens is 222 g/mol. The minimum Gasteiger partial charge on any atom is -0.493 e. The Hall–Kier alpha value is -1.49. The number of rotatable bonds is 2. The van der Waals surface area contributed by atoms with Gasteiger partial charge in [-0.3, -0.25) is 0 Å². The topological polar surface area (TPSA) is 33.0 Å². The molecule has 1 aliphatic rings. The van der Waals surface area contributed by atoms with E-state index in [2.05, 4.69) is 39.0 Å². The lowest BCUT2D eigenvalue weighted by Gasteiger charge is -2.21. The summed E-state index contributed by atoms with van der Waals surface area (Å²) in [5.41, 5.74) is 3.82. The highest BCUT2D eigenvalue weighted by atomic mass is 16.5. The number of benzene rings is 1. The number of fused-ring (bicyclic) bond motifs is 1. The first-order valence-corrected chi connectivity index (χ1v) is 6.78. The number of hydrogen-bond donors (Lipinski definition) is 0. The number of hydrogen-bond acceptors (Lipinski definition) is 2. The first-order chi connectivity index (χ1) is 8.65. The molecule has 1 unspecified atom stereocenters. The van der Waals surface area contributed by atoms with Gasteiger partial charge in [0.2, 0.25) is 0 Å². The maximum atomic E-state index is 9.01. The molecule has 96 valence electrons. The Morgan fingerprint density at radius 3 is 2.89 bits per heavy atom. The minimum absolute atomic E-state index is 0.339. The Labute approximate surface area is 110 Å². The molecule has 0 saturated heterocycles. The Morgan fingerprint density at radius 2 is 2.22 bits per heavy atom. The monoisotopic (exact) mass is 243 g/mol. The highest BCUT2D eigenvalue weighted by Gasteiger charge is 2.24. The lowest BCUT2D eigenvalue weighted by molar-refractivity contribution is 0.312. The summed E-state index contributed by atoms with van der Waals surface area (Å²) in [6, 6.07) is 6.67. The molecule has 0 fully saturated rings. The molecule has 0 spiro atoms. The van der Waals surface area contributed by atoms with Gasteiger partial charge in [0.15, 0.2) is 0 Å². The van der Waals surface area contributed by atoms with Crippen molar-refractivity contribution in [1.82, 2.24) is 0 Å². The van der Waals surface area contributed by atoms with Gasteiger partial charge >= 0.3 is 0 Å². The normalized spacial score (nSPS) is 18.7. The zero-order valence-corrected chi connectivity index (χ0v) is 11.5. The number of aryl methyl sites for hydroxylation is 1. The molecule has 18 heavy (non-hydrogen) atoms. The summed E-state index contributed by atoms with van der Waals surface area (Å²) < 4.78 is 5.99. The second-order valence-electron chi connectivity index (χ2n) is 5.42. The summed E-state index contributed by atoms with van der Waals surface area (Å²) in [4.78, 5) is 0. The largest absolute Gasteiger partial charge is 0.493 e. The first kappa shape index (κ1) is 13.0. The van der Waals surface area contributed by atoms with E-state index in [9.17, 15) is 0 Å². The van der Waals surface area contributed by atoms with Crippen LogP contribution in [0.15, 0.2) is 12.1 Å². The zero-order chi connectivity index (χ0) is 13.1. The van der Waals surface area contributed by atoms with Crippen molar-refractivity contribution in [3.63, 3.8) is 0 Å². The summed E-state index contributed by atoms with van der Waals surface area (Å²) in [6.45, 7) is 7.29. The van der Waals surface area contributed by atoms with Crippen LogP contribution in [0, 0.1) is 18.3 Å². The van der Waals surface area contributed by atoms with Crippen LogP contribution in [0.4, 0.5) is 0 Å². The van der Waals surface area contributed by atoms with Crippen LogP contribution in [0.5, 0.6) is 5.75 Å². The average Bonchev–Trinajstić information content (AvgIpc) is 2.53. The van der Waals surface area contributed by atoms with E-state index in [1.165, 1.54) is 16.7 Å². The molecule has 1 atom stereocenters. The van der Waals surface area contributed by atoms with Crippen LogP contribution >= 0.6 is 0 Å². The second-order valence-corrected chi connectivity index (χ2v) is 5.42. The van der Waals surface area contributed by atoms with Crippen LogP contribution in [0.2, 0.25) is 0 Å². The fraction of sp³-hybridized carbons (Fsp3) is 0.562. The van der Waals surface area contributed by atoms with Gasteiger partial charge in [-0.25, -0.2) is 0 Å². The van der Waals surface area contributed by atoms with Crippen molar-refractivity contribution in [2.75, 3.05) is 6.61 Å². The molecule has 0 bridgehead atoms. The van der Waals surface area contributed by atoms with Crippen molar-refractivity contribution >= 4 is 0 Å². The quantitative estimate of drug-likeness (QED) is 0.776. The van der Waals surface area contributed by atoms with E-state index < -0.39 is 0 Å². The predicted octanol–water partition coefficient (Wildman–Crippen LogP) is 4.29. The van der Waals surface area contributed by atoms with Crippen molar-refractivity contribution in [3.8, 4) is 11.8 Å². The fourth-order valence-electron chi connectivity index (χ4n) is 2.80. The molecule has 0 saturated carbocycles. The summed E-state index contributed by atoms with van der Waals surface area (Å²) in [7, 11) is 0. The van der Waals surface area contributed by atoms with E-state index >= 15 is 0 Å². The third kappa shape index (κ3) is 2.36. The molecule has 1 aromatic rings. The molecular formula is C16H21NO. The Balaban J connectivity index is 2.55. The number of nitriles is 1.